The Hall–Kier alpha value is -1.20. The summed E-state index contributed by atoms with van der Waals surface area (Å²) >= 11 is 0. The average Bonchev–Trinajstić information content (AvgIpc) is 2.47. The van der Waals surface area contributed by atoms with Crippen LogP contribution in [0.25, 0.3) is 0 Å². The third kappa shape index (κ3) is 4.38. The zero-order chi connectivity index (χ0) is 15.2. The predicted octanol–water partition coefficient (Wildman–Crippen LogP) is 2.11. The minimum Gasteiger partial charge on any atom is -0.377 e. The van der Waals surface area contributed by atoms with Crippen LogP contribution in [0.3, 0.4) is 0 Å². The summed E-state index contributed by atoms with van der Waals surface area (Å²) in [6.45, 7) is 12.9. The number of rotatable bonds is 6. The second-order valence-corrected chi connectivity index (χ2v) is 6.02. The number of morpholine rings is 1. The van der Waals surface area contributed by atoms with Crippen LogP contribution in [0, 0.1) is 6.92 Å². The highest BCUT2D eigenvalue weighted by Gasteiger charge is 2.25. The molecule has 21 heavy (non-hydrogen) atoms. The van der Waals surface area contributed by atoms with Crippen LogP contribution in [-0.4, -0.2) is 48.9 Å². The van der Waals surface area contributed by atoms with Gasteiger partial charge in [-0.1, -0.05) is 20.8 Å². The third-order valence-electron chi connectivity index (χ3n) is 3.74. The van der Waals surface area contributed by atoms with Crippen LogP contribution in [0.15, 0.2) is 6.07 Å². The van der Waals surface area contributed by atoms with Crippen molar-refractivity contribution in [2.24, 2.45) is 0 Å². The van der Waals surface area contributed by atoms with Crippen LogP contribution in [0.5, 0.6) is 0 Å². The van der Waals surface area contributed by atoms with Crippen molar-refractivity contribution >= 4 is 5.95 Å². The lowest BCUT2D eigenvalue weighted by Crippen LogP contribution is -2.51. The molecule has 1 aliphatic rings. The van der Waals surface area contributed by atoms with Crippen molar-refractivity contribution in [3.63, 3.8) is 0 Å². The van der Waals surface area contributed by atoms with Gasteiger partial charge in [0.1, 0.15) is 0 Å². The van der Waals surface area contributed by atoms with Gasteiger partial charge < -0.3 is 15.0 Å². The Morgan fingerprint density at radius 3 is 2.95 bits per heavy atom. The summed E-state index contributed by atoms with van der Waals surface area (Å²) in [5.74, 6) is 1.27. The zero-order valence-corrected chi connectivity index (χ0v) is 13.7. The minimum atomic E-state index is 0.312. The minimum absolute atomic E-state index is 0.312. The maximum Gasteiger partial charge on any atom is 0.226 e. The summed E-state index contributed by atoms with van der Waals surface area (Å²) in [5, 5.41) is 3.48. The van der Waals surface area contributed by atoms with Gasteiger partial charge in [-0.25, -0.2) is 9.97 Å². The van der Waals surface area contributed by atoms with Gasteiger partial charge in [0.25, 0.3) is 0 Å². The van der Waals surface area contributed by atoms with Gasteiger partial charge in [-0.2, -0.15) is 0 Å². The van der Waals surface area contributed by atoms with Gasteiger partial charge in [0.15, 0.2) is 0 Å². The van der Waals surface area contributed by atoms with Crippen LogP contribution in [-0.2, 0) is 4.74 Å². The van der Waals surface area contributed by atoms with Gasteiger partial charge in [-0.15, -0.1) is 0 Å². The molecule has 0 radical (unpaired) electrons. The molecule has 2 rings (SSSR count). The Kier molecular flexibility index (Phi) is 5.94. The predicted molar refractivity (Wildman–Crippen MR) is 86.0 cm³/mol. The summed E-state index contributed by atoms with van der Waals surface area (Å²) in [5.41, 5.74) is 2.15. The molecule has 0 bridgehead atoms. The lowest BCUT2D eigenvalue weighted by atomic mass is 10.1. The van der Waals surface area contributed by atoms with Crippen LogP contribution in [0.4, 0.5) is 5.95 Å². The highest BCUT2D eigenvalue weighted by Crippen LogP contribution is 2.20. The second-order valence-electron chi connectivity index (χ2n) is 6.02. The van der Waals surface area contributed by atoms with Crippen molar-refractivity contribution in [3.05, 3.63) is 17.5 Å². The molecule has 0 spiro atoms. The summed E-state index contributed by atoms with van der Waals surface area (Å²) in [6, 6.07) is 2.39. The molecular weight excluding hydrogens is 264 g/mol. The Morgan fingerprint density at radius 2 is 2.24 bits per heavy atom. The van der Waals surface area contributed by atoms with E-state index in [2.05, 4.69) is 42.0 Å². The van der Waals surface area contributed by atoms with E-state index < -0.39 is 0 Å². The first-order valence-corrected chi connectivity index (χ1v) is 8.02. The largest absolute Gasteiger partial charge is 0.377 e. The van der Waals surface area contributed by atoms with Gasteiger partial charge in [-0.3, -0.25) is 0 Å². The molecule has 0 aliphatic carbocycles. The highest BCUT2D eigenvalue weighted by atomic mass is 16.5. The molecule has 0 saturated carbocycles. The van der Waals surface area contributed by atoms with E-state index >= 15 is 0 Å². The number of aromatic nitrogens is 2. The van der Waals surface area contributed by atoms with Gasteiger partial charge >= 0.3 is 0 Å². The summed E-state index contributed by atoms with van der Waals surface area (Å²) in [4.78, 5) is 11.7. The van der Waals surface area contributed by atoms with Crippen molar-refractivity contribution in [2.45, 2.75) is 46.1 Å². The van der Waals surface area contributed by atoms with Crippen molar-refractivity contribution < 1.29 is 4.74 Å². The lowest BCUT2D eigenvalue weighted by Gasteiger charge is -2.36. The molecule has 5 nitrogen and oxygen atoms in total. The number of anilines is 1. The normalized spacial score (nSPS) is 19.3. The van der Waals surface area contributed by atoms with E-state index in [4.69, 9.17) is 9.72 Å². The van der Waals surface area contributed by atoms with Gasteiger partial charge in [0, 0.05) is 24.5 Å². The maximum atomic E-state index is 5.64. The first kappa shape index (κ1) is 16.2. The molecule has 118 valence electrons. The highest BCUT2D eigenvalue weighted by molar-refractivity contribution is 5.35. The van der Waals surface area contributed by atoms with Gasteiger partial charge in [0.2, 0.25) is 5.95 Å². The van der Waals surface area contributed by atoms with E-state index in [1.807, 2.05) is 6.92 Å². The third-order valence-corrected chi connectivity index (χ3v) is 3.74. The Labute approximate surface area is 128 Å². The topological polar surface area (TPSA) is 50.3 Å². The smallest absolute Gasteiger partial charge is 0.226 e. The van der Waals surface area contributed by atoms with Crippen LogP contribution < -0.4 is 10.2 Å². The Bertz CT molecular complexity index is 450. The van der Waals surface area contributed by atoms with Gasteiger partial charge in [-0.05, 0) is 31.9 Å². The van der Waals surface area contributed by atoms with Crippen LogP contribution >= 0.6 is 0 Å². The number of aryl methyl sites for hydroxylation is 1. The Morgan fingerprint density at radius 1 is 1.43 bits per heavy atom. The number of hydrogen-bond acceptors (Lipinski definition) is 5. The zero-order valence-electron chi connectivity index (χ0n) is 13.7. The molecular formula is C16H28N4O. The molecule has 1 unspecified atom stereocenters. The van der Waals surface area contributed by atoms with E-state index in [9.17, 15) is 0 Å². The Balaban J connectivity index is 2.16. The molecule has 2 heterocycles. The molecule has 1 atom stereocenters. The molecule has 1 fully saturated rings. The fraction of sp³-hybridized carbons (Fsp3) is 0.750. The molecule has 0 amide bonds. The standard InChI is InChI=1S/C16H28N4O/c1-5-6-17-10-14-11-21-8-7-20(14)16-18-13(4)9-15(19-16)12(2)3/h9,12,14,17H,5-8,10-11H2,1-4H3. The maximum absolute atomic E-state index is 5.64. The van der Waals surface area contributed by atoms with E-state index in [1.165, 1.54) is 0 Å². The van der Waals surface area contributed by atoms with E-state index in [1.54, 1.807) is 0 Å². The van der Waals surface area contributed by atoms with Crippen molar-refractivity contribution in [1.29, 1.82) is 0 Å². The quantitative estimate of drug-likeness (QED) is 0.814. The first-order chi connectivity index (χ1) is 10.1. The average molecular weight is 292 g/mol. The summed E-state index contributed by atoms with van der Waals surface area (Å²) in [7, 11) is 0. The fourth-order valence-corrected chi connectivity index (χ4v) is 2.53. The number of ether oxygens (including phenoxy) is 1. The van der Waals surface area contributed by atoms with E-state index in [0.717, 1.165) is 56.6 Å². The molecule has 0 aromatic carbocycles. The number of nitrogens with one attached hydrogen (secondary N) is 1. The molecule has 1 N–H and O–H groups in total. The first-order valence-electron chi connectivity index (χ1n) is 8.02. The number of nitrogens with zero attached hydrogens (tertiary/aromatic N) is 3. The van der Waals surface area contributed by atoms with Crippen molar-refractivity contribution in [1.82, 2.24) is 15.3 Å². The number of hydrogen-bond donors (Lipinski definition) is 1. The molecule has 1 saturated heterocycles. The second kappa shape index (κ2) is 7.71. The van der Waals surface area contributed by atoms with Crippen LogP contribution in [0.2, 0.25) is 0 Å². The summed E-state index contributed by atoms with van der Waals surface area (Å²) in [6.07, 6.45) is 1.14. The van der Waals surface area contributed by atoms with E-state index in [-0.39, 0.29) is 0 Å². The molecule has 5 heteroatoms. The van der Waals surface area contributed by atoms with E-state index in [0.29, 0.717) is 12.0 Å². The van der Waals surface area contributed by atoms with Crippen molar-refractivity contribution in [3.8, 4) is 0 Å². The summed E-state index contributed by atoms with van der Waals surface area (Å²) < 4.78 is 5.64. The SMILES string of the molecule is CCCNCC1COCCN1c1nc(C)cc(C(C)C)n1. The lowest BCUT2D eigenvalue weighted by molar-refractivity contribution is 0.0929. The van der Waals surface area contributed by atoms with Gasteiger partial charge in [0.05, 0.1) is 19.3 Å². The monoisotopic (exact) mass is 292 g/mol. The fourth-order valence-electron chi connectivity index (χ4n) is 2.53. The van der Waals surface area contributed by atoms with Crippen LogP contribution in [0.1, 0.15) is 44.5 Å². The molecule has 1 aromatic rings. The molecule has 1 aliphatic heterocycles. The van der Waals surface area contributed by atoms with Crippen molar-refractivity contribution in [2.75, 3.05) is 37.7 Å². The molecule has 1 aromatic heterocycles.